The SMILES string of the molecule is Cc1ccc(NC(=O)c2ccccc2SCC(=O)N2CCc3ccccc32)c(F)c1. The van der Waals surface area contributed by atoms with Crippen molar-refractivity contribution in [1.29, 1.82) is 0 Å². The number of carbonyl (C=O) groups is 2. The molecule has 4 nitrogen and oxygen atoms in total. The summed E-state index contributed by atoms with van der Waals surface area (Å²) in [5.41, 5.74) is 3.47. The summed E-state index contributed by atoms with van der Waals surface area (Å²) < 4.78 is 14.1. The van der Waals surface area contributed by atoms with Crippen molar-refractivity contribution in [2.24, 2.45) is 0 Å². The highest BCUT2D eigenvalue weighted by molar-refractivity contribution is 8.00. The number of rotatable bonds is 5. The van der Waals surface area contributed by atoms with Crippen molar-refractivity contribution in [3.05, 3.63) is 89.2 Å². The topological polar surface area (TPSA) is 49.4 Å². The molecule has 0 atom stereocenters. The molecule has 0 unspecified atom stereocenters. The van der Waals surface area contributed by atoms with E-state index >= 15 is 0 Å². The lowest BCUT2D eigenvalue weighted by Gasteiger charge is -2.17. The normalized spacial score (nSPS) is 12.5. The number of hydrogen-bond acceptors (Lipinski definition) is 3. The van der Waals surface area contributed by atoms with Gasteiger partial charge < -0.3 is 10.2 Å². The zero-order chi connectivity index (χ0) is 21.1. The molecule has 4 rings (SSSR count). The Balaban J connectivity index is 1.46. The van der Waals surface area contributed by atoms with E-state index in [1.165, 1.54) is 23.4 Å². The number of nitrogens with one attached hydrogen (secondary N) is 1. The summed E-state index contributed by atoms with van der Waals surface area (Å²) in [5, 5.41) is 2.63. The van der Waals surface area contributed by atoms with Gasteiger partial charge in [0.15, 0.2) is 0 Å². The van der Waals surface area contributed by atoms with E-state index in [0.29, 0.717) is 17.0 Å². The average molecular weight is 421 g/mol. The van der Waals surface area contributed by atoms with E-state index < -0.39 is 11.7 Å². The fourth-order valence-corrected chi connectivity index (χ4v) is 4.43. The molecule has 0 fully saturated rings. The Bertz CT molecular complexity index is 1120. The Labute approximate surface area is 179 Å². The molecule has 0 saturated carbocycles. The quantitative estimate of drug-likeness (QED) is 0.587. The standard InChI is InChI=1S/C24H21FN2O2S/c1-16-10-11-20(19(25)14-16)26-24(29)18-7-3-5-9-22(18)30-15-23(28)27-13-12-17-6-2-4-8-21(17)27/h2-11,14H,12-13,15H2,1H3,(H,26,29). The number of para-hydroxylation sites is 1. The van der Waals surface area contributed by atoms with E-state index in [1.807, 2.05) is 30.3 Å². The van der Waals surface area contributed by atoms with Crippen LogP contribution in [0.2, 0.25) is 0 Å². The van der Waals surface area contributed by atoms with Gasteiger partial charge in [-0.3, -0.25) is 9.59 Å². The largest absolute Gasteiger partial charge is 0.319 e. The number of halogens is 1. The third kappa shape index (κ3) is 4.24. The predicted molar refractivity (Wildman–Crippen MR) is 119 cm³/mol. The maximum Gasteiger partial charge on any atom is 0.256 e. The molecule has 30 heavy (non-hydrogen) atoms. The maximum absolute atomic E-state index is 14.1. The van der Waals surface area contributed by atoms with E-state index in [1.54, 1.807) is 42.2 Å². The highest BCUT2D eigenvalue weighted by Gasteiger charge is 2.24. The van der Waals surface area contributed by atoms with Crippen LogP contribution in [0.5, 0.6) is 0 Å². The van der Waals surface area contributed by atoms with Crippen molar-refractivity contribution >= 4 is 35.0 Å². The van der Waals surface area contributed by atoms with E-state index in [0.717, 1.165) is 17.7 Å². The summed E-state index contributed by atoms with van der Waals surface area (Å²) in [6, 6.07) is 19.6. The molecule has 1 heterocycles. The molecular weight excluding hydrogens is 399 g/mol. The second-order valence-corrected chi connectivity index (χ2v) is 8.16. The van der Waals surface area contributed by atoms with Gasteiger partial charge in [-0.1, -0.05) is 36.4 Å². The number of anilines is 2. The smallest absolute Gasteiger partial charge is 0.256 e. The first-order valence-electron chi connectivity index (χ1n) is 9.70. The number of benzene rings is 3. The minimum absolute atomic E-state index is 0.00439. The highest BCUT2D eigenvalue weighted by atomic mass is 32.2. The zero-order valence-corrected chi connectivity index (χ0v) is 17.3. The highest BCUT2D eigenvalue weighted by Crippen LogP contribution is 2.30. The molecule has 3 aromatic carbocycles. The van der Waals surface area contributed by atoms with E-state index in [4.69, 9.17) is 0 Å². The average Bonchev–Trinajstić information content (AvgIpc) is 3.18. The van der Waals surface area contributed by atoms with Crippen LogP contribution < -0.4 is 10.2 Å². The lowest BCUT2D eigenvalue weighted by molar-refractivity contribution is -0.116. The Kier molecular flexibility index (Phi) is 5.86. The van der Waals surface area contributed by atoms with Gasteiger partial charge in [0.05, 0.1) is 17.0 Å². The van der Waals surface area contributed by atoms with Crippen LogP contribution in [0.25, 0.3) is 0 Å². The number of fused-ring (bicyclic) bond motifs is 1. The number of aryl methyl sites for hydroxylation is 1. The van der Waals surface area contributed by atoms with Crippen LogP contribution >= 0.6 is 11.8 Å². The van der Waals surface area contributed by atoms with Crippen LogP contribution in [0.1, 0.15) is 21.5 Å². The van der Waals surface area contributed by atoms with Gasteiger partial charge in [-0.25, -0.2) is 4.39 Å². The van der Waals surface area contributed by atoms with Crippen LogP contribution in [0.4, 0.5) is 15.8 Å². The van der Waals surface area contributed by atoms with E-state index in [-0.39, 0.29) is 17.3 Å². The fourth-order valence-electron chi connectivity index (χ4n) is 3.51. The van der Waals surface area contributed by atoms with Crippen LogP contribution in [0, 0.1) is 12.7 Å². The van der Waals surface area contributed by atoms with E-state index in [2.05, 4.69) is 5.32 Å². The minimum Gasteiger partial charge on any atom is -0.319 e. The monoisotopic (exact) mass is 420 g/mol. The van der Waals surface area contributed by atoms with Crippen LogP contribution in [-0.2, 0) is 11.2 Å². The van der Waals surface area contributed by atoms with Crippen LogP contribution in [0.3, 0.4) is 0 Å². The molecule has 6 heteroatoms. The van der Waals surface area contributed by atoms with Gasteiger partial charge in [0.1, 0.15) is 5.82 Å². The minimum atomic E-state index is -0.476. The molecule has 152 valence electrons. The van der Waals surface area contributed by atoms with Crippen molar-refractivity contribution in [2.45, 2.75) is 18.2 Å². The second-order valence-electron chi connectivity index (χ2n) is 7.15. The summed E-state index contributed by atoms with van der Waals surface area (Å²) in [4.78, 5) is 28.0. The lowest BCUT2D eigenvalue weighted by Crippen LogP contribution is -2.30. The fraction of sp³-hybridized carbons (Fsp3) is 0.167. The van der Waals surface area contributed by atoms with Gasteiger partial charge in [-0.2, -0.15) is 0 Å². The van der Waals surface area contributed by atoms with Gasteiger partial charge in [0.2, 0.25) is 5.91 Å². The van der Waals surface area contributed by atoms with Crippen molar-refractivity contribution < 1.29 is 14.0 Å². The maximum atomic E-state index is 14.1. The zero-order valence-electron chi connectivity index (χ0n) is 16.5. The van der Waals surface area contributed by atoms with Gasteiger partial charge in [0, 0.05) is 17.1 Å². The van der Waals surface area contributed by atoms with Gasteiger partial charge in [-0.05, 0) is 54.8 Å². The lowest BCUT2D eigenvalue weighted by atomic mass is 10.2. The summed E-state index contributed by atoms with van der Waals surface area (Å²) in [6.45, 7) is 2.46. The summed E-state index contributed by atoms with van der Waals surface area (Å²) >= 11 is 1.32. The second kappa shape index (κ2) is 8.71. The Morgan fingerprint density at radius 1 is 1.07 bits per heavy atom. The molecule has 0 aliphatic carbocycles. The van der Waals surface area contributed by atoms with Crippen molar-refractivity contribution in [3.8, 4) is 0 Å². The first-order chi connectivity index (χ1) is 14.5. The molecular formula is C24H21FN2O2S. The summed E-state index contributed by atoms with van der Waals surface area (Å²) in [5.74, 6) is -0.654. The van der Waals surface area contributed by atoms with Crippen LogP contribution in [0.15, 0.2) is 71.6 Å². The van der Waals surface area contributed by atoms with Crippen molar-refractivity contribution in [1.82, 2.24) is 0 Å². The number of thioether (sulfide) groups is 1. The Morgan fingerprint density at radius 2 is 1.83 bits per heavy atom. The number of hydrogen-bond donors (Lipinski definition) is 1. The third-order valence-corrected chi connectivity index (χ3v) is 6.10. The molecule has 2 amide bonds. The van der Waals surface area contributed by atoms with Crippen molar-refractivity contribution in [2.75, 3.05) is 22.5 Å². The molecule has 0 radical (unpaired) electrons. The molecule has 0 spiro atoms. The predicted octanol–water partition coefficient (Wildman–Crippen LogP) is 5.07. The molecule has 3 aromatic rings. The molecule has 0 aromatic heterocycles. The summed E-state index contributed by atoms with van der Waals surface area (Å²) in [6.07, 6.45) is 0.855. The third-order valence-electron chi connectivity index (χ3n) is 5.04. The first kappa shape index (κ1) is 20.2. The molecule has 0 saturated heterocycles. The number of nitrogens with zero attached hydrogens (tertiary/aromatic N) is 1. The Hall–Kier alpha value is -3.12. The van der Waals surface area contributed by atoms with Gasteiger partial charge in [-0.15, -0.1) is 11.8 Å². The number of amides is 2. The first-order valence-corrected chi connectivity index (χ1v) is 10.7. The summed E-state index contributed by atoms with van der Waals surface area (Å²) in [7, 11) is 0. The molecule has 1 aliphatic rings. The van der Waals surface area contributed by atoms with E-state index in [9.17, 15) is 14.0 Å². The van der Waals surface area contributed by atoms with Gasteiger partial charge >= 0.3 is 0 Å². The molecule has 1 aliphatic heterocycles. The molecule has 0 bridgehead atoms. The molecule has 1 N–H and O–H groups in total. The van der Waals surface area contributed by atoms with Crippen LogP contribution in [-0.4, -0.2) is 24.1 Å². The van der Waals surface area contributed by atoms with Gasteiger partial charge in [0.25, 0.3) is 5.91 Å². The number of carbonyl (C=O) groups excluding carboxylic acids is 2. The Morgan fingerprint density at radius 3 is 2.67 bits per heavy atom. The van der Waals surface area contributed by atoms with Crippen molar-refractivity contribution in [3.63, 3.8) is 0 Å².